The molecule has 5 rings (SSSR count). The van der Waals surface area contributed by atoms with Gasteiger partial charge in [0.05, 0.1) is 17.1 Å². The molecule has 0 aliphatic carbocycles. The number of H-pyrrole nitrogens is 1. The fourth-order valence-corrected chi connectivity index (χ4v) is 3.70. The Labute approximate surface area is 161 Å². The lowest BCUT2D eigenvalue weighted by Gasteiger charge is -2.24. The summed E-state index contributed by atoms with van der Waals surface area (Å²) >= 11 is 0. The third kappa shape index (κ3) is 2.84. The van der Waals surface area contributed by atoms with Crippen LogP contribution in [0.4, 0.5) is 0 Å². The van der Waals surface area contributed by atoms with Gasteiger partial charge in [-0.25, -0.2) is 9.97 Å². The van der Waals surface area contributed by atoms with Crippen LogP contribution in [0.15, 0.2) is 43.0 Å². The molecule has 0 saturated carbocycles. The third-order valence-corrected chi connectivity index (χ3v) is 5.12. The number of nitrogens with zero attached hydrogens (tertiary/aromatic N) is 4. The minimum atomic E-state index is 0.0696. The van der Waals surface area contributed by atoms with E-state index in [1.165, 1.54) is 0 Å². The highest BCUT2D eigenvalue weighted by Gasteiger charge is 2.22. The van der Waals surface area contributed by atoms with Crippen molar-refractivity contribution in [3.8, 4) is 22.9 Å². The van der Waals surface area contributed by atoms with Crippen molar-refractivity contribution in [2.45, 2.75) is 18.9 Å². The van der Waals surface area contributed by atoms with E-state index in [4.69, 9.17) is 4.74 Å². The molecular weight excluding hydrogens is 352 g/mol. The number of hydrogen-bond donors (Lipinski definition) is 2. The molecule has 0 radical (unpaired) electrons. The second kappa shape index (κ2) is 6.91. The lowest BCUT2D eigenvalue weighted by molar-refractivity contribution is 0.163. The summed E-state index contributed by atoms with van der Waals surface area (Å²) in [4.78, 5) is 16.4. The molecule has 1 saturated heterocycles. The van der Waals surface area contributed by atoms with E-state index < -0.39 is 0 Å². The number of fused-ring (bicyclic) bond motifs is 3. The zero-order valence-electron chi connectivity index (χ0n) is 15.1. The molecule has 0 unspecified atom stereocenters. The van der Waals surface area contributed by atoms with Gasteiger partial charge in [-0.05, 0) is 38.1 Å². The molecule has 1 aliphatic heterocycles. The highest BCUT2D eigenvalue weighted by molar-refractivity contribution is 6.10. The fraction of sp³-hybridized carbons (Fsp3) is 0.238. The zero-order chi connectivity index (χ0) is 18.9. The van der Waals surface area contributed by atoms with E-state index >= 15 is 0 Å². The summed E-state index contributed by atoms with van der Waals surface area (Å²) in [6, 6.07) is 8.15. The van der Waals surface area contributed by atoms with Crippen molar-refractivity contribution >= 4 is 21.9 Å². The maximum atomic E-state index is 9.61. The molecular formula is C21H18N6O. The van der Waals surface area contributed by atoms with Crippen molar-refractivity contribution in [2.24, 2.45) is 0 Å². The molecule has 1 fully saturated rings. The first kappa shape index (κ1) is 16.7. The SMILES string of the molecule is N#Cc1ncc2[nH]c3ncc(-c4cccnc4)cc3c2c1OC1CCNCC1. The molecule has 0 spiro atoms. The number of nitrogens with one attached hydrogen (secondary N) is 2. The van der Waals surface area contributed by atoms with Gasteiger partial charge in [0.15, 0.2) is 11.4 Å². The number of pyridine rings is 3. The summed E-state index contributed by atoms with van der Waals surface area (Å²) in [7, 11) is 0. The highest BCUT2D eigenvalue weighted by Crippen LogP contribution is 2.36. The van der Waals surface area contributed by atoms with Crippen molar-refractivity contribution in [1.82, 2.24) is 25.3 Å². The van der Waals surface area contributed by atoms with E-state index in [2.05, 4.69) is 37.4 Å². The van der Waals surface area contributed by atoms with Crippen LogP contribution in [-0.4, -0.2) is 39.1 Å². The normalized spacial score (nSPS) is 15.0. The Balaban J connectivity index is 1.70. The lowest BCUT2D eigenvalue weighted by Crippen LogP contribution is -2.34. The second-order valence-corrected chi connectivity index (χ2v) is 6.89. The summed E-state index contributed by atoms with van der Waals surface area (Å²) in [6.07, 6.45) is 8.93. The van der Waals surface area contributed by atoms with Crippen LogP contribution < -0.4 is 10.1 Å². The molecule has 2 N–H and O–H groups in total. The minimum absolute atomic E-state index is 0.0696. The van der Waals surface area contributed by atoms with Gasteiger partial charge in [0.1, 0.15) is 17.8 Å². The molecule has 0 atom stereocenters. The smallest absolute Gasteiger partial charge is 0.183 e. The average molecular weight is 370 g/mol. The van der Waals surface area contributed by atoms with Gasteiger partial charge >= 0.3 is 0 Å². The Morgan fingerprint density at radius 1 is 1.11 bits per heavy atom. The van der Waals surface area contributed by atoms with Gasteiger partial charge in [-0.3, -0.25) is 4.98 Å². The summed E-state index contributed by atoms with van der Waals surface area (Å²) in [5, 5.41) is 14.7. The van der Waals surface area contributed by atoms with E-state index in [0.29, 0.717) is 11.4 Å². The summed E-state index contributed by atoms with van der Waals surface area (Å²) in [5.41, 5.74) is 3.81. The maximum Gasteiger partial charge on any atom is 0.183 e. The topological polar surface area (TPSA) is 99.5 Å². The molecule has 7 nitrogen and oxygen atoms in total. The number of rotatable bonds is 3. The Morgan fingerprint density at radius 2 is 2.00 bits per heavy atom. The maximum absolute atomic E-state index is 9.61. The van der Waals surface area contributed by atoms with Crippen molar-refractivity contribution < 1.29 is 4.74 Å². The van der Waals surface area contributed by atoms with Gasteiger partial charge in [-0.1, -0.05) is 6.07 Å². The van der Waals surface area contributed by atoms with Crippen LogP contribution in [-0.2, 0) is 0 Å². The first-order chi connectivity index (χ1) is 13.8. The zero-order valence-corrected chi connectivity index (χ0v) is 15.1. The molecule has 1 aliphatic rings. The van der Waals surface area contributed by atoms with Crippen LogP contribution in [0.25, 0.3) is 33.1 Å². The van der Waals surface area contributed by atoms with Crippen molar-refractivity contribution in [2.75, 3.05) is 13.1 Å². The van der Waals surface area contributed by atoms with Crippen LogP contribution in [0.1, 0.15) is 18.5 Å². The van der Waals surface area contributed by atoms with Crippen LogP contribution in [0.2, 0.25) is 0 Å². The quantitative estimate of drug-likeness (QED) is 0.575. The molecule has 28 heavy (non-hydrogen) atoms. The predicted octanol–water partition coefficient (Wildman–Crippen LogP) is 3.18. The molecule has 0 aromatic carbocycles. The molecule has 0 amide bonds. The molecule has 5 heterocycles. The van der Waals surface area contributed by atoms with Crippen molar-refractivity contribution in [1.29, 1.82) is 5.26 Å². The Kier molecular flexibility index (Phi) is 4.11. The highest BCUT2D eigenvalue weighted by atomic mass is 16.5. The van der Waals surface area contributed by atoms with E-state index in [9.17, 15) is 5.26 Å². The Morgan fingerprint density at radius 3 is 2.79 bits per heavy atom. The average Bonchev–Trinajstić information content (AvgIpc) is 3.13. The third-order valence-electron chi connectivity index (χ3n) is 5.12. The standard InChI is InChI=1S/C21H18N6O/c22-9-17-20(28-15-3-6-23-7-4-15)19-16-8-14(13-2-1-5-24-10-13)11-26-21(16)27-18(19)12-25-17/h1-2,5,8,10-12,15,23H,3-4,6-7H2,(H,26,27). The largest absolute Gasteiger partial charge is 0.487 e. The van der Waals surface area contributed by atoms with Gasteiger partial charge in [0, 0.05) is 35.1 Å². The monoisotopic (exact) mass is 370 g/mol. The fourth-order valence-electron chi connectivity index (χ4n) is 3.70. The molecule has 138 valence electrons. The summed E-state index contributed by atoms with van der Waals surface area (Å²) < 4.78 is 6.32. The van der Waals surface area contributed by atoms with Crippen LogP contribution in [0, 0.1) is 11.3 Å². The van der Waals surface area contributed by atoms with Crippen LogP contribution in [0.3, 0.4) is 0 Å². The van der Waals surface area contributed by atoms with E-state index in [1.54, 1.807) is 12.4 Å². The van der Waals surface area contributed by atoms with Crippen LogP contribution >= 0.6 is 0 Å². The first-order valence-corrected chi connectivity index (χ1v) is 9.32. The Bertz CT molecular complexity index is 1190. The van der Waals surface area contributed by atoms with E-state index in [1.807, 2.05) is 24.5 Å². The van der Waals surface area contributed by atoms with E-state index in [0.717, 1.165) is 59.0 Å². The van der Waals surface area contributed by atoms with Gasteiger partial charge in [0.2, 0.25) is 0 Å². The van der Waals surface area contributed by atoms with Crippen molar-refractivity contribution in [3.63, 3.8) is 0 Å². The lowest BCUT2D eigenvalue weighted by atomic mass is 10.1. The van der Waals surface area contributed by atoms with E-state index in [-0.39, 0.29) is 6.10 Å². The molecule has 4 aromatic heterocycles. The van der Waals surface area contributed by atoms with Gasteiger partial charge in [0.25, 0.3) is 0 Å². The first-order valence-electron chi connectivity index (χ1n) is 9.32. The summed E-state index contributed by atoms with van der Waals surface area (Å²) in [6.45, 7) is 1.83. The number of piperidine rings is 1. The Hall–Kier alpha value is -3.50. The van der Waals surface area contributed by atoms with Crippen LogP contribution in [0.5, 0.6) is 5.75 Å². The second-order valence-electron chi connectivity index (χ2n) is 6.89. The minimum Gasteiger partial charge on any atom is -0.487 e. The van der Waals surface area contributed by atoms with Crippen molar-refractivity contribution in [3.05, 3.63) is 48.7 Å². The number of aromatic amines is 1. The molecule has 7 heteroatoms. The predicted molar refractivity (Wildman–Crippen MR) is 106 cm³/mol. The van der Waals surface area contributed by atoms with Gasteiger partial charge in [-0.15, -0.1) is 0 Å². The molecule has 0 bridgehead atoms. The van der Waals surface area contributed by atoms with Gasteiger partial charge < -0.3 is 15.0 Å². The number of hydrogen-bond acceptors (Lipinski definition) is 6. The van der Waals surface area contributed by atoms with Gasteiger partial charge in [-0.2, -0.15) is 5.26 Å². The number of ether oxygens (including phenoxy) is 1. The number of nitriles is 1. The molecule has 4 aromatic rings. The number of aromatic nitrogens is 4. The summed E-state index contributed by atoms with van der Waals surface area (Å²) in [5.74, 6) is 0.545.